The van der Waals surface area contributed by atoms with Gasteiger partial charge in [0.2, 0.25) is 6.79 Å². The number of sulfonamides is 1. The van der Waals surface area contributed by atoms with Crippen LogP contribution in [0.3, 0.4) is 0 Å². The molecule has 9 heteroatoms. The van der Waals surface area contributed by atoms with E-state index < -0.39 is 22.5 Å². The number of anilines is 1. The van der Waals surface area contributed by atoms with Crippen LogP contribution in [0.1, 0.15) is 23.6 Å². The van der Waals surface area contributed by atoms with E-state index in [-0.39, 0.29) is 11.7 Å². The van der Waals surface area contributed by atoms with Crippen LogP contribution in [0.4, 0.5) is 5.69 Å². The summed E-state index contributed by atoms with van der Waals surface area (Å²) in [6.45, 7) is 3.56. The molecule has 1 heterocycles. The number of nitrogens with zero attached hydrogens (tertiary/aromatic N) is 2. The number of amides is 1. The molecule has 3 aromatic carbocycles. The molecule has 0 fully saturated rings. The minimum absolute atomic E-state index is 0.112. The Kier molecular flexibility index (Phi) is 6.83. The third-order valence-electron chi connectivity index (χ3n) is 5.34. The standard InChI is InChI=1S/C25H25N3O5S/c1-3-20-6-4-5-7-22(20)28(34(30,31)21-11-8-18(2)9-12-21)16-25(29)27-26-15-19-10-13-23-24(14-19)33-17-32-23/h4-15H,3,16-17H2,1-2H3,(H,27,29). The van der Waals surface area contributed by atoms with Gasteiger partial charge in [-0.2, -0.15) is 5.10 Å². The van der Waals surface area contributed by atoms with Gasteiger partial charge >= 0.3 is 0 Å². The summed E-state index contributed by atoms with van der Waals surface area (Å²) in [5.41, 5.74) is 5.33. The number of fused-ring (bicyclic) bond motifs is 1. The average molecular weight is 480 g/mol. The molecule has 1 aliphatic rings. The van der Waals surface area contributed by atoms with Crippen molar-refractivity contribution in [2.24, 2.45) is 5.10 Å². The molecule has 8 nitrogen and oxygen atoms in total. The van der Waals surface area contributed by atoms with Gasteiger partial charge in [-0.25, -0.2) is 13.8 Å². The Morgan fingerprint density at radius 3 is 2.56 bits per heavy atom. The topological polar surface area (TPSA) is 97.3 Å². The lowest BCUT2D eigenvalue weighted by Crippen LogP contribution is -2.40. The molecule has 0 atom stereocenters. The molecule has 0 spiro atoms. The van der Waals surface area contributed by atoms with Gasteiger partial charge in [-0.3, -0.25) is 9.10 Å². The van der Waals surface area contributed by atoms with Crippen molar-refractivity contribution in [1.29, 1.82) is 0 Å². The van der Waals surface area contributed by atoms with E-state index in [1.807, 2.05) is 26.0 Å². The maximum absolute atomic E-state index is 13.5. The molecule has 0 aliphatic carbocycles. The number of benzene rings is 3. The molecule has 1 N–H and O–H groups in total. The number of nitrogens with one attached hydrogen (secondary N) is 1. The van der Waals surface area contributed by atoms with Gasteiger partial charge in [0.15, 0.2) is 11.5 Å². The van der Waals surface area contributed by atoms with E-state index in [1.165, 1.54) is 6.21 Å². The third-order valence-corrected chi connectivity index (χ3v) is 7.11. The fraction of sp³-hybridized carbons (Fsp3) is 0.200. The fourth-order valence-corrected chi connectivity index (χ4v) is 4.99. The van der Waals surface area contributed by atoms with Crippen LogP contribution in [-0.2, 0) is 21.2 Å². The smallest absolute Gasteiger partial charge is 0.264 e. The van der Waals surface area contributed by atoms with Crippen molar-refractivity contribution in [2.45, 2.75) is 25.2 Å². The van der Waals surface area contributed by atoms with Crippen LogP contribution in [0.5, 0.6) is 11.5 Å². The molecule has 34 heavy (non-hydrogen) atoms. The van der Waals surface area contributed by atoms with E-state index in [0.717, 1.165) is 15.4 Å². The van der Waals surface area contributed by atoms with Crippen molar-refractivity contribution in [2.75, 3.05) is 17.6 Å². The zero-order chi connectivity index (χ0) is 24.1. The minimum atomic E-state index is -3.99. The summed E-state index contributed by atoms with van der Waals surface area (Å²) >= 11 is 0. The lowest BCUT2D eigenvalue weighted by Gasteiger charge is -2.25. The molecule has 0 radical (unpaired) electrons. The molecule has 4 rings (SSSR count). The summed E-state index contributed by atoms with van der Waals surface area (Å²) < 4.78 is 38.8. The van der Waals surface area contributed by atoms with Crippen LogP contribution < -0.4 is 19.2 Å². The third kappa shape index (κ3) is 5.04. The van der Waals surface area contributed by atoms with Crippen LogP contribution in [0, 0.1) is 6.92 Å². The zero-order valence-electron chi connectivity index (χ0n) is 18.9. The highest BCUT2D eigenvalue weighted by atomic mass is 32.2. The van der Waals surface area contributed by atoms with E-state index in [9.17, 15) is 13.2 Å². The highest BCUT2D eigenvalue weighted by Gasteiger charge is 2.28. The quantitative estimate of drug-likeness (QED) is 0.393. The highest BCUT2D eigenvalue weighted by molar-refractivity contribution is 7.92. The molecule has 0 unspecified atom stereocenters. The number of ether oxygens (including phenoxy) is 2. The normalized spacial score (nSPS) is 12.6. The predicted molar refractivity (Wildman–Crippen MR) is 130 cm³/mol. The first kappa shape index (κ1) is 23.3. The second-order valence-electron chi connectivity index (χ2n) is 7.71. The number of rotatable bonds is 8. The van der Waals surface area contributed by atoms with E-state index in [4.69, 9.17) is 9.47 Å². The summed E-state index contributed by atoms with van der Waals surface area (Å²) in [6, 6.07) is 19.0. The van der Waals surface area contributed by atoms with Gasteiger partial charge in [-0.15, -0.1) is 0 Å². The number of carbonyl (C=O) groups excluding carboxylic acids is 1. The largest absolute Gasteiger partial charge is 0.454 e. The Balaban J connectivity index is 1.56. The number of para-hydroxylation sites is 1. The maximum atomic E-state index is 13.5. The zero-order valence-corrected chi connectivity index (χ0v) is 19.7. The van der Waals surface area contributed by atoms with Crippen LogP contribution in [0.25, 0.3) is 0 Å². The lowest BCUT2D eigenvalue weighted by atomic mass is 10.1. The predicted octanol–water partition coefficient (Wildman–Crippen LogP) is 3.63. The Morgan fingerprint density at radius 2 is 1.79 bits per heavy atom. The number of aryl methyl sites for hydroxylation is 2. The van der Waals surface area contributed by atoms with Gasteiger partial charge < -0.3 is 9.47 Å². The number of hydrogen-bond donors (Lipinski definition) is 1. The SMILES string of the molecule is CCc1ccccc1N(CC(=O)NN=Cc1ccc2c(c1)OCO2)S(=O)(=O)c1ccc(C)cc1. The first-order chi connectivity index (χ1) is 16.4. The van der Waals surface area contributed by atoms with E-state index in [0.29, 0.717) is 29.2 Å². The van der Waals surface area contributed by atoms with Crippen molar-refractivity contribution < 1.29 is 22.7 Å². The highest BCUT2D eigenvalue weighted by Crippen LogP contribution is 2.32. The van der Waals surface area contributed by atoms with Gasteiger partial charge in [-0.1, -0.05) is 42.8 Å². The summed E-state index contributed by atoms with van der Waals surface area (Å²) in [7, 11) is -3.99. The summed E-state index contributed by atoms with van der Waals surface area (Å²) in [4.78, 5) is 12.9. The van der Waals surface area contributed by atoms with Crippen LogP contribution in [0.15, 0.2) is 76.7 Å². The molecular formula is C25H25N3O5S. The molecule has 1 aliphatic heterocycles. The van der Waals surface area contributed by atoms with Gasteiger partial charge in [0.05, 0.1) is 16.8 Å². The van der Waals surface area contributed by atoms with Gasteiger partial charge in [-0.05, 0) is 60.9 Å². The molecule has 0 saturated carbocycles. The van der Waals surface area contributed by atoms with Gasteiger partial charge in [0.1, 0.15) is 6.54 Å². The van der Waals surface area contributed by atoms with Crippen LogP contribution in [-0.4, -0.2) is 33.9 Å². The van der Waals surface area contributed by atoms with Gasteiger partial charge in [0.25, 0.3) is 15.9 Å². The van der Waals surface area contributed by atoms with E-state index in [2.05, 4.69) is 10.5 Å². The Bertz CT molecular complexity index is 1320. The molecular weight excluding hydrogens is 454 g/mol. The van der Waals surface area contributed by atoms with Crippen LogP contribution >= 0.6 is 0 Å². The lowest BCUT2D eigenvalue weighted by molar-refractivity contribution is -0.119. The summed E-state index contributed by atoms with van der Waals surface area (Å²) in [6.07, 6.45) is 2.07. The number of carbonyl (C=O) groups is 1. The fourth-order valence-electron chi connectivity index (χ4n) is 3.53. The first-order valence-electron chi connectivity index (χ1n) is 10.8. The summed E-state index contributed by atoms with van der Waals surface area (Å²) in [5.74, 6) is 0.674. The number of hydrogen-bond acceptors (Lipinski definition) is 6. The van der Waals surface area contributed by atoms with Crippen molar-refractivity contribution in [3.63, 3.8) is 0 Å². The molecule has 0 saturated heterocycles. The van der Waals surface area contributed by atoms with E-state index >= 15 is 0 Å². The first-order valence-corrected chi connectivity index (χ1v) is 12.2. The second kappa shape index (κ2) is 9.96. The summed E-state index contributed by atoms with van der Waals surface area (Å²) in [5, 5.41) is 3.98. The maximum Gasteiger partial charge on any atom is 0.264 e. The Labute approximate surface area is 198 Å². The molecule has 176 valence electrons. The van der Waals surface area contributed by atoms with Gasteiger partial charge in [0, 0.05) is 0 Å². The molecule has 3 aromatic rings. The minimum Gasteiger partial charge on any atom is -0.454 e. The molecule has 0 bridgehead atoms. The number of hydrazone groups is 1. The second-order valence-corrected chi connectivity index (χ2v) is 9.58. The van der Waals surface area contributed by atoms with Crippen molar-refractivity contribution in [3.05, 3.63) is 83.4 Å². The molecule has 0 aromatic heterocycles. The Hall–Kier alpha value is -3.85. The van der Waals surface area contributed by atoms with Crippen molar-refractivity contribution >= 4 is 27.8 Å². The molecule has 1 amide bonds. The van der Waals surface area contributed by atoms with Crippen LogP contribution in [0.2, 0.25) is 0 Å². The van der Waals surface area contributed by atoms with Crippen molar-refractivity contribution in [3.8, 4) is 11.5 Å². The van der Waals surface area contributed by atoms with Crippen molar-refractivity contribution in [1.82, 2.24) is 5.43 Å². The Morgan fingerprint density at radius 1 is 1.06 bits per heavy atom. The monoisotopic (exact) mass is 479 g/mol. The van der Waals surface area contributed by atoms with E-state index in [1.54, 1.807) is 54.6 Å². The average Bonchev–Trinajstić information content (AvgIpc) is 3.31.